The number of anilines is 1. The Bertz CT molecular complexity index is 536. The van der Waals surface area contributed by atoms with Gasteiger partial charge in [0.1, 0.15) is 0 Å². The Morgan fingerprint density at radius 1 is 1.26 bits per heavy atom. The standard InChI is InChI=1S/C13H19N3O3/c1-7(8(2)12(18)19)11(17)14-10-6-9(15-16-10)13(3,4)5/h6H,1-5H3,(H,18,19)(H2,14,15,16,17). The minimum Gasteiger partial charge on any atom is -0.478 e. The lowest BCUT2D eigenvalue weighted by Crippen LogP contribution is -2.16. The fourth-order valence-electron chi connectivity index (χ4n) is 1.31. The quantitative estimate of drug-likeness (QED) is 0.729. The molecule has 0 aliphatic carbocycles. The Morgan fingerprint density at radius 3 is 2.26 bits per heavy atom. The van der Waals surface area contributed by atoms with Gasteiger partial charge in [-0.3, -0.25) is 9.89 Å². The summed E-state index contributed by atoms with van der Waals surface area (Å²) in [4.78, 5) is 22.6. The molecule has 1 aromatic rings. The van der Waals surface area contributed by atoms with Crippen LogP contribution in [0.2, 0.25) is 0 Å². The molecule has 0 fully saturated rings. The van der Waals surface area contributed by atoms with Gasteiger partial charge < -0.3 is 10.4 Å². The van der Waals surface area contributed by atoms with Gasteiger partial charge in [0.15, 0.2) is 5.82 Å². The maximum atomic E-state index is 11.8. The molecule has 6 heteroatoms. The highest BCUT2D eigenvalue weighted by Crippen LogP contribution is 2.22. The lowest BCUT2D eigenvalue weighted by Gasteiger charge is -2.14. The normalized spacial score (nSPS) is 12.9. The van der Waals surface area contributed by atoms with Crippen LogP contribution in [-0.2, 0) is 15.0 Å². The van der Waals surface area contributed by atoms with E-state index in [1.54, 1.807) is 6.07 Å². The van der Waals surface area contributed by atoms with Crippen molar-refractivity contribution in [3.05, 3.63) is 22.9 Å². The molecule has 1 amide bonds. The number of carbonyl (C=O) groups is 2. The van der Waals surface area contributed by atoms with E-state index in [1.807, 2.05) is 20.8 Å². The van der Waals surface area contributed by atoms with E-state index in [4.69, 9.17) is 5.11 Å². The molecular formula is C13H19N3O3. The number of rotatable bonds is 3. The Balaban J connectivity index is 2.87. The van der Waals surface area contributed by atoms with E-state index in [0.717, 1.165) is 5.69 Å². The Kier molecular flexibility index (Phi) is 4.14. The van der Waals surface area contributed by atoms with E-state index < -0.39 is 11.9 Å². The van der Waals surface area contributed by atoms with E-state index in [9.17, 15) is 9.59 Å². The molecule has 19 heavy (non-hydrogen) atoms. The number of hydrogen-bond acceptors (Lipinski definition) is 3. The summed E-state index contributed by atoms with van der Waals surface area (Å²) in [5.74, 6) is -1.19. The first-order valence-electron chi connectivity index (χ1n) is 5.91. The summed E-state index contributed by atoms with van der Waals surface area (Å²) < 4.78 is 0. The number of amides is 1. The van der Waals surface area contributed by atoms with Gasteiger partial charge in [-0.1, -0.05) is 20.8 Å². The van der Waals surface area contributed by atoms with E-state index >= 15 is 0 Å². The van der Waals surface area contributed by atoms with Crippen LogP contribution in [0.1, 0.15) is 40.3 Å². The van der Waals surface area contributed by atoms with Gasteiger partial charge in [0, 0.05) is 28.3 Å². The predicted molar refractivity (Wildman–Crippen MR) is 71.9 cm³/mol. The number of carbonyl (C=O) groups excluding carboxylic acids is 1. The molecule has 0 spiro atoms. The highest BCUT2D eigenvalue weighted by molar-refractivity contribution is 6.07. The average molecular weight is 265 g/mol. The van der Waals surface area contributed by atoms with Gasteiger partial charge in [-0.15, -0.1) is 0 Å². The van der Waals surface area contributed by atoms with E-state index in [1.165, 1.54) is 13.8 Å². The van der Waals surface area contributed by atoms with Crippen LogP contribution < -0.4 is 5.32 Å². The van der Waals surface area contributed by atoms with Crippen molar-refractivity contribution in [2.75, 3.05) is 5.32 Å². The second-order valence-corrected chi connectivity index (χ2v) is 5.43. The average Bonchev–Trinajstić information content (AvgIpc) is 2.74. The number of nitrogens with one attached hydrogen (secondary N) is 2. The minimum atomic E-state index is -1.11. The van der Waals surface area contributed by atoms with Crippen LogP contribution >= 0.6 is 0 Å². The van der Waals surface area contributed by atoms with Crippen molar-refractivity contribution in [3.63, 3.8) is 0 Å². The summed E-state index contributed by atoms with van der Waals surface area (Å²) in [6, 6.07) is 1.74. The van der Waals surface area contributed by atoms with Crippen LogP contribution in [0, 0.1) is 0 Å². The molecular weight excluding hydrogens is 246 g/mol. The SMILES string of the molecule is CC(C(=O)O)=C(C)C(=O)Nc1cc(C(C)(C)C)[nH]n1. The number of carboxylic acids is 1. The predicted octanol–water partition coefficient (Wildman–Crippen LogP) is 2.07. The van der Waals surface area contributed by atoms with Gasteiger partial charge >= 0.3 is 5.97 Å². The molecule has 0 unspecified atom stereocenters. The molecule has 1 aromatic heterocycles. The summed E-state index contributed by atoms with van der Waals surface area (Å²) in [5.41, 5.74) is 0.967. The summed E-state index contributed by atoms with van der Waals surface area (Å²) in [6.45, 7) is 8.92. The van der Waals surface area contributed by atoms with Gasteiger partial charge in [0.05, 0.1) is 0 Å². The first-order valence-corrected chi connectivity index (χ1v) is 5.91. The molecule has 0 aromatic carbocycles. The molecule has 0 saturated carbocycles. The van der Waals surface area contributed by atoms with Gasteiger partial charge in [-0.2, -0.15) is 5.10 Å². The van der Waals surface area contributed by atoms with Crippen molar-refractivity contribution >= 4 is 17.7 Å². The largest absolute Gasteiger partial charge is 0.478 e. The maximum Gasteiger partial charge on any atom is 0.331 e. The van der Waals surface area contributed by atoms with Crippen molar-refractivity contribution in [2.45, 2.75) is 40.0 Å². The van der Waals surface area contributed by atoms with Crippen LogP contribution in [-0.4, -0.2) is 27.2 Å². The van der Waals surface area contributed by atoms with Crippen LogP contribution in [0.3, 0.4) is 0 Å². The number of hydrogen-bond donors (Lipinski definition) is 3. The van der Waals surface area contributed by atoms with Crippen LogP contribution in [0.15, 0.2) is 17.2 Å². The van der Waals surface area contributed by atoms with Gasteiger partial charge in [-0.25, -0.2) is 4.79 Å². The van der Waals surface area contributed by atoms with Crippen molar-refractivity contribution in [3.8, 4) is 0 Å². The number of aromatic amines is 1. The molecule has 1 rings (SSSR count). The molecule has 0 aliphatic heterocycles. The lowest BCUT2D eigenvalue weighted by atomic mass is 9.92. The number of aliphatic carboxylic acids is 1. The van der Waals surface area contributed by atoms with Crippen molar-refractivity contribution in [1.29, 1.82) is 0 Å². The Labute approximate surface area is 111 Å². The maximum absolute atomic E-state index is 11.8. The van der Waals surface area contributed by atoms with Crippen molar-refractivity contribution < 1.29 is 14.7 Å². The fraction of sp³-hybridized carbons (Fsp3) is 0.462. The van der Waals surface area contributed by atoms with Crippen LogP contribution in [0.4, 0.5) is 5.82 Å². The third kappa shape index (κ3) is 3.67. The lowest BCUT2D eigenvalue weighted by molar-refractivity contribution is -0.133. The molecule has 0 bridgehead atoms. The monoisotopic (exact) mass is 265 g/mol. The third-order valence-corrected chi connectivity index (χ3v) is 2.85. The van der Waals surface area contributed by atoms with E-state index in [2.05, 4.69) is 15.5 Å². The van der Waals surface area contributed by atoms with Crippen molar-refractivity contribution in [1.82, 2.24) is 10.2 Å². The second kappa shape index (κ2) is 5.26. The Hall–Kier alpha value is -2.11. The molecule has 0 atom stereocenters. The molecule has 1 heterocycles. The molecule has 104 valence electrons. The van der Waals surface area contributed by atoms with E-state index in [0.29, 0.717) is 5.82 Å². The highest BCUT2D eigenvalue weighted by Gasteiger charge is 2.18. The second-order valence-electron chi connectivity index (χ2n) is 5.43. The summed E-state index contributed by atoms with van der Waals surface area (Å²) in [7, 11) is 0. The smallest absolute Gasteiger partial charge is 0.331 e. The first kappa shape index (κ1) is 14.9. The third-order valence-electron chi connectivity index (χ3n) is 2.85. The van der Waals surface area contributed by atoms with Gasteiger partial charge in [0.2, 0.25) is 0 Å². The highest BCUT2D eigenvalue weighted by atomic mass is 16.4. The Morgan fingerprint density at radius 2 is 1.84 bits per heavy atom. The molecule has 0 radical (unpaired) electrons. The molecule has 3 N–H and O–H groups in total. The number of H-pyrrole nitrogens is 1. The van der Waals surface area contributed by atoms with Crippen LogP contribution in [0.25, 0.3) is 0 Å². The van der Waals surface area contributed by atoms with E-state index in [-0.39, 0.29) is 16.6 Å². The molecule has 0 saturated heterocycles. The van der Waals surface area contributed by atoms with Crippen molar-refractivity contribution in [2.24, 2.45) is 0 Å². The minimum absolute atomic E-state index is 0.0177. The zero-order valence-corrected chi connectivity index (χ0v) is 11.8. The summed E-state index contributed by atoms with van der Waals surface area (Å²) >= 11 is 0. The zero-order valence-electron chi connectivity index (χ0n) is 11.8. The molecule has 6 nitrogen and oxygen atoms in total. The molecule has 0 aliphatic rings. The summed E-state index contributed by atoms with van der Waals surface area (Å²) in [5, 5.41) is 18.2. The van der Waals surface area contributed by atoms with Gasteiger partial charge in [0.25, 0.3) is 5.91 Å². The summed E-state index contributed by atoms with van der Waals surface area (Å²) in [6.07, 6.45) is 0. The number of nitrogens with zero attached hydrogens (tertiary/aromatic N) is 1. The van der Waals surface area contributed by atoms with Gasteiger partial charge in [-0.05, 0) is 13.8 Å². The zero-order chi connectivity index (χ0) is 14.8. The topological polar surface area (TPSA) is 95.1 Å². The first-order chi connectivity index (χ1) is 8.62. The van der Waals surface area contributed by atoms with Crippen LogP contribution in [0.5, 0.6) is 0 Å². The number of aromatic nitrogens is 2. The fourth-order valence-corrected chi connectivity index (χ4v) is 1.31. The number of carboxylic acid groups (broad SMARTS) is 1.